The van der Waals surface area contributed by atoms with Gasteiger partial charge in [0.1, 0.15) is 10.7 Å². The normalized spacial score (nSPS) is 11.6. The van der Waals surface area contributed by atoms with E-state index in [0.717, 1.165) is 10.6 Å². The van der Waals surface area contributed by atoms with Crippen molar-refractivity contribution in [1.29, 1.82) is 0 Å². The third kappa shape index (κ3) is 4.12. The molecule has 0 radical (unpaired) electrons. The van der Waals surface area contributed by atoms with Gasteiger partial charge in [0.2, 0.25) is 0 Å². The van der Waals surface area contributed by atoms with E-state index in [0.29, 0.717) is 18.7 Å². The van der Waals surface area contributed by atoms with Crippen LogP contribution in [0.25, 0.3) is 10.6 Å². The van der Waals surface area contributed by atoms with E-state index in [-0.39, 0.29) is 17.9 Å². The summed E-state index contributed by atoms with van der Waals surface area (Å²) in [7, 11) is 1.84. The van der Waals surface area contributed by atoms with E-state index in [4.69, 9.17) is 5.11 Å². The molecule has 0 saturated heterocycles. The lowest BCUT2D eigenvalue weighted by atomic mass is 9.90. The van der Waals surface area contributed by atoms with E-state index in [1.807, 2.05) is 27.1 Å². The Morgan fingerprint density at radius 3 is 2.90 bits per heavy atom. The number of hydrogen-bond donors (Lipinski definition) is 2. The molecule has 1 amide bonds. The van der Waals surface area contributed by atoms with Crippen LogP contribution in [0.2, 0.25) is 0 Å². The van der Waals surface area contributed by atoms with E-state index in [9.17, 15) is 4.79 Å². The topological polar surface area (TPSA) is 80.0 Å². The Morgan fingerprint density at radius 1 is 1.52 bits per heavy atom. The van der Waals surface area contributed by atoms with Crippen molar-refractivity contribution in [1.82, 2.24) is 20.1 Å². The fourth-order valence-corrected chi connectivity index (χ4v) is 2.62. The van der Waals surface area contributed by atoms with E-state index >= 15 is 0 Å². The van der Waals surface area contributed by atoms with Crippen LogP contribution in [0, 0.1) is 5.41 Å². The van der Waals surface area contributed by atoms with Gasteiger partial charge in [0.25, 0.3) is 5.91 Å². The van der Waals surface area contributed by atoms with Gasteiger partial charge in [-0.3, -0.25) is 9.48 Å². The van der Waals surface area contributed by atoms with Crippen molar-refractivity contribution in [3.63, 3.8) is 0 Å². The van der Waals surface area contributed by atoms with Gasteiger partial charge in [-0.05, 0) is 11.8 Å². The van der Waals surface area contributed by atoms with Crippen LogP contribution in [0.1, 0.15) is 30.8 Å². The molecule has 114 valence electrons. The summed E-state index contributed by atoms with van der Waals surface area (Å²) in [5.74, 6) is -0.188. The maximum Gasteiger partial charge on any atom is 0.270 e. The van der Waals surface area contributed by atoms with Gasteiger partial charge in [0.05, 0.1) is 6.20 Å². The lowest BCUT2D eigenvalue weighted by molar-refractivity contribution is 0.0924. The molecule has 0 fully saturated rings. The number of aryl methyl sites for hydroxylation is 1. The number of thiazole rings is 1. The number of aliphatic hydroxyl groups is 1. The Hall–Kier alpha value is -1.73. The molecule has 0 aromatic carbocycles. The van der Waals surface area contributed by atoms with E-state index in [1.54, 1.807) is 16.3 Å². The molecule has 2 rings (SSSR count). The zero-order chi connectivity index (χ0) is 15.5. The predicted octanol–water partition coefficient (Wildman–Crippen LogP) is 1.68. The molecule has 0 unspecified atom stereocenters. The van der Waals surface area contributed by atoms with Crippen molar-refractivity contribution in [2.24, 2.45) is 12.5 Å². The molecule has 0 aliphatic heterocycles. The third-order valence-corrected chi connectivity index (χ3v) is 4.10. The van der Waals surface area contributed by atoms with Crippen LogP contribution in [0.5, 0.6) is 0 Å². The average Bonchev–Trinajstić information content (AvgIpc) is 3.04. The SMILES string of the molecule is Cn1cc(-c2nc(C(=O)NCC(C)(C)CCO)cs2)cn1. The Morgan fingerprint density at radius 2 is 2.29 bits per heavy atom. The van der Waals surface area contributed by atoms with E-state index in [1.165, 1.54) is 11.3 Å². The van der Waals surface area contributed by atoms with Crippen molar-refractivity contribution in [2.75, 3.05) is 13.2 Å². The highest BCUT2D eigenvalue weighted by Gasteiger charge is 2.20. The summed E-state index contributed by atoms with van der Waals surface area (Å²) in [6.07, 6.45) is 4.24. The van der Waals surface area contributed by atoms with Crippen LogP contribution >= 0.6 is 11.3 Å². The minimum atomic E-state index is -0.188. The zero-order valence-electron chi connectivity index (χ0n) is 12.5. The van der Waals surface area contributed by atoms with Gasteiger partial charge in [-0.15, -0.1) is 11.3 Å². The molecule has 0 bridgehead atoms. The standard InChI is InChI=1S/C14H20N4O2S/c1-14(2,4-5-19)9-15-12(20)11-8-21-13(17-11)10-6-16-18(3)7-10/h6-8,19H,4-5,9H2,1-3H3,(H,15,20). The maximum atomic E-state index is 12.1. The van der Waals surface area contributed by atoms with Crippen LogP contribution in [0.4, 0.5) is 0 Å². The molecule has 0 atom stereocenters. The molecule has 0 aliphatic rings. The smallest absolute Gasteiger partial charge is 0.270 e. The Bertz CT molecular complexity index is 618. The van der Waals surface area contributed by atoms with Crippen molar-refractivity contribution in [2.45, 2.75) is 20.3 Å². The second-order valence-electron chi connectivity index (χ2n) is 5.76. The molecular weight excluding hydrogens is 288 g/mol. The fourth-order valence-electron chi connectivity index (χ4n) is 1.84. The number of carbonyl (C=O) groups excluding carboxylic acids is 1. The minimum absolute atomic E-state index is 0.116. The summed E-state index contributed by atoms with van der Waals surface area (Å²) in [6.45, 7) is 4.63. The van der Waals surface area contributed by atoms with Gasteiger partial charge in [-0.2, -0.15) is 5.10 Å². The molecule has 0 saturated carbocycles. The second kappa shape index (κ2) is 6.36. The number of aromatic nitrogens is 3. The number of aliphatic hydroxyl groups excluding tert-OH is 1. The summed E-state index contributed by atoms with van der Waals surface area (Å²) in [5.41, 5.74) is 1.19. The highest BCUT2D eigenvalue weighted by Crippen LogP contribution is 2.23. The molecule has 21 heavy (non-hydrogen) atoms. The van der Waals surface area contributed by atoms with Gasteiger partial charge >= 0.3 is 0 Å². The summed E-state index contributed by atoms with van der Waals surface area (Å²) >= 11 is 1.42. The lowest BCUT2D eigenvalue weighted by Crippen LogP contribution is -2.34. The van der Waals surface area contributed by atoms with Gasteiger partial charge in [0, 0.05) is 37.3 Å². The molecule has 0 aliphatic carbocycles. The van der Waals surface area contributed by atoms with Gasteiger partial charge in [0.15, 0.2) is 0 Å². The highest BCUT2D eigenvalue weighted by molar-refractivity contribution is 7.13. The van der Waals surface area contributed by atoms with Crippen LogP contribution in [0.3, 0.4) is 0 Å². The monoisotopic (exact) mass is 308 g/mol. The van der Waals surface area contributed by atoms with Gasteiger partial charge in [-0.1, -0.05) is 13.8 Å². The average molecular weight is 308 g/mol. The highest BCUT2D eigenvalue weighted by atomic mass is 32.1. The van der Waals surface area contributed by atoms with Crippen molar-refractivity contribution < 1.29 is 9.90 Å². The van der Waals surface area contributed by atoms with Crippen LogP contribution in [0.15, 0.2) is 17.8 Å². The first kappa shape index (κ1) is 15.7. The van der Waals surface area contributed by atoms with Gasteiger partial charge in [-0.25, -0.2) is 4.98 Å². The summed E-state index contributed by atoms with van der Waals surface area (Å²) in [5, 5.41) is 18.5. The van der Waals surface area contributed by atoms with E-state index in [2.05, 4.69) is 15.4 Å². The third-order valence-electron chi connectivity index (χ3n) is 3.20. The number of rotatable bonds is 6. The molecule has 0 spiro atoms. The first-order valence-corrected chi connectivity index (χ1v) is 7.63. The van der Waals surface area contributed by atoms with Crippen LogP contribution in [-0.2, 0) is 7.05 Å². The Labute approximate surface area is 127 Å². The molecule has 2 heterocycles. The number of hydrogen-bond acceptors (Lipinski definition) is 5. The van der Waals surface area contributed by atoms with Crippen LogP contribution < -0.4 is 5.32 Å². The molecule has 6 nitrogen and oxygen atoms in total. The van der Waals surface area contributed by atoms with Crippen LogP contribution in [-0.4, -0.2) is 38.9 Å². The van der Waals surface area contributed by atoms with Crippen molar-refractivity contribution in [3.05, 3.63) is 23.5 Å². The van der Waals surface area contributed by atoms with E-state index < -0.39 is 0 Å². The Kier molecular flexibility index (Phi) is 4.74. The fraction of sp³-hybridized carbons (Fsp3) is 0.500. The van der Waals surface area contributed by atoms with Crippen molar-refractivity contribution >= 4 is 17.2 Å². The zero-order valence-corrected chi connectivity index (χ0v) is 13.3. The summed E-state index contributed by atoms with van der Waals surface area (Å²) in [6, 6.07) is 0. The molecule has 2 N–H and O–H groups in total. The largest absolute Gasteiger partial charge is 0.396 e. The lowest BCUT2D eigenvalue weighted by Gasteiger charge is -2.23. The first-order chi connectivity index (χ1) is 9.91. The second-order valence-corrected chi connectivity index (χ2v) is 6.62. The summed E-state index contributed by atoms with van der Waals surface area (Å²) < 4.78 is 1.70. The van der Waals surface area contributed by atoms with Crippen molar-refractivity contribution in [3.8, 4) is 10.6 Å². The minimum Gasteiger partial charge on any atom is -0.396 e. The Balaban J connectivity index is 1.99. The maximum absolute atomic E-state index is 12.1. The molecular formula is C14H20N4O2S. The summed E-state index contributed by atoms with van der Waals surface area (Å²) in [4.78, 5) is 16.4. The predicted molar refractivity (Wildman–Crippen MR) is 82.1 cm³/mol. The molecule has 2 aromatic rings. The quantitative estimate of drug-likeness (QED) is 0.851. The number of nitrogens with one attached hydrogen (secondary N) is 1. The molecule has 2 aromatic heterocycles. The van der Waals surface area contributed by atoms with Gasteiger partial charge < -0.3 is 10.4 Å². The first-order valence-electron chi connectivity index (χ1n) is 6.75. The number of amides is 1. The molecule has 7 heteroatoms. The number of carbonyl (C=O) groups is 1. The number of nitrogens with zero attached hydrogens (tertiary/aromatic N) is 3.